The van der Waals surface area contributed by atoms with E-state index >= 15 is 0 Å². The molecule has 82 valence electrons. The largest absolute Gasteiger partial charge is 0.472 e. The summed E-state index contributed by atoms with van der Waals surface area (Å²) in [5.74, 6) is 1.46. The molecule has 2 nitrogen and oxygen atoms in total. The van der Waals surface area contributed by atoms with Crippen molar-refractivity contribution < 1.29 is 4.74 Å². The molecule has 0 aromatic carbocycles. The Labute approximate surface area is 91.4 Å². The van der Waals surface area contributed by atoms with E-state index in [1.165, 1.54) is 12.8 Å². The van der Waals surface area contributed by atoms with Crippen molar-refractivity contribution in [3.63, 3.8) is 0 Å². The van der Waals surface area contributed by atoms with Crippen LogP contribution in [-0.4, -0.2) is 18.0 Å². The third kappa shape index (κ3) is 0.849. The van der Waals surface area contributed by atoms with Crippen molar-refractivity contribution in [3.8, 4) is 0 Å². The summed E-state index contributed by atoms with van der Waals surface area (Å²) in [5.41, 5.74) is 0.676. The van der Waals surface area contributed by atoms with E-state index < -0.39 is 0 Å². The van der Waals surface area contributed by atoms with Crippen LogP contribution in [0.15, 0.2) is 17.6 Å². The molecular weight excluding hydrogens is 186 g/mol. The van der Waals surface area contributed by atoms with Crippen LogP contribution in [0.25, 0.3) is 0 Å². The molecule has 2 aliphatic carbocycles. The molecular formula is C13H19NO. The van der Waals surface area contributed by atoms with Gasteiger partial charge in [0, 0.05) is 5.41 Å². The number of nitrogens with zero attached hydrogens (tertiary/aromatic N) is 1. The molecule has 0 amide bonds. The first-order chi connectivity index (χ1) is 7.00. The summed E-state index contributed by atoms with van der Waals surface area (Å²) in [6.07, 6.45) is 4.64. The molecule has 2 saturated carbocycles. The molecule has 2 fully saturated rings. The Morgan fingerprint density at radius 3 is 2.80 bits per heavy atom. The van der Waals surface area contributed by atoms with Crippen molar-refractivity contribution >= 4 is 5.90 Å². The van der Waals surface area contributed by atoms with Gasteiger partial charge in [-0.1, -0.05) is 27.4 Å². The van der Waals surface area contributed by atoms with Crippen molar-refractivity contribution in [1.29, 1.82) is 0 Å². The first-order valence-electron chi connectivity index (χ1n) is 5.87. The minimum absolute atomic E-state index is 0.302. The molecule has 0 saturated heterocycles. The van der Waals surface area contributed by atoms with Gasteiger partial charge in [-0.2, -0.15) is 0 Å². The van der Waals surface area contributed by atoms with Gasteiger partial charge in [0.05, 0.1) is 6.04 Å². The highest BCUT2D eigenvalue weighted by molar-refractivity contribution is 5.89. The lowest BCUT2D eigenvalue weighted by Crippen LogP contribution is -2.39. The molecule has 0 spiro atoms. The van der Waals surface area contributed by atoms with Crippen molar-refractivity contribution in [2.45, 2.75) is 45.8 Å². The highest BCUT2D eigenvalue weighted by Gasteiger charge is 2.69. The van der Waals surface area contributed by atoms with E-state index in [9.17, 15) is 0 Å². The average molecular weight is 205 g/mol. The maximum Gasteiger partial charge on any atom is 0.208 e. The smallest absolute Gasteiger partial charge is 0.208 e. The summed E-state index contributed by atoms with van der Waals surface area (Å²) in [7, 11) is 0. The zero-order chi connectivity index (χ0) is 10.8. The van der Waals surface area contributed by atoms with Crippen LogP contribution >= 0.6 is 0 Å². The highest BCUT2D eigenvalue weighted by atomic mass is 16.5. The summed E-state index contributed by atoms with van der Waals surface area (Å²) in [4.78, 5) is 4.67. The molecule has 1 heterocycles. The Bertz CT molecular complexity index is 358. The molecule has 4 atom stereocenters. The average Bonchev–Trinajstić information content (AvgIpc) is 2.74. The van der Waals surface area contributed by atoms with E-state index in [1.54, 1.807) is 6.08 Å². The second kappa shape index (κ2) is 2.47. The Morgan fingerprint density at radius 2 is 2.20 bits per heavy atom. The monoisotopic (exact) mass is 205 g/mol. The van der Waals surface area contributed by atoms with Crippen LogP contribution in [0.4, 0.5) is 0 Å². The van der Waals surface area contributed by atoms with E-state index in [2.05, 4.69) is 32.3 Å². The lowest BCUT2D eigenvalue weighted by atomic mass is 9.70. The van der Waals surface area contributed by atoms with Gasteiger partial charge in [-0.3, -0.25) is 0 Å². The van der Waals surface area contributed by atoms with Crippen LogP contribution in [0, 0.1) is 16.7 Å². The minimum Gasteiger partial charge on any atom is -0.472 e. The van der Waals surface area contributed by atoms with Gasteiger partial charge < -0.3 is 4.74 Å². The summed E-state index contributed by atoms with van der Waals surface area (Å²) in [6, 6.07) is 0.395. The number of ether oxygens (including phenoxy) is 1. The number of rotatable bonds is 1. The van der Waals surface area contributed by atoms with Gasteiger partial charge in [-0.05, 0) is 30.3 Å². The number of hydrogen-bond acceptors (Lipinski definition) is 2. The first kappa shape index (κ1) is 9.44. The van der Waals surface area contributed by atoms with Gasteiger partial charge in [0.2, 0.25) is 5.90 Å². The number of aliphatic imine (C=N–C) groups is 1. The van der Waals surface area contributed by atoms with Gasteiger partial charge in [-0.25, -0.2) is 4.99 Å². The quantitative estimate of drug-likeness (QED) is 0.645. The molecule has 0 aromatic rings. The molecule has 0 N–H and O–H groups in total. The predicted octanol–water partition coefficient (Wildman–Crippen LogP) is 2.79. The van der Waals surface area contributed by atoms with Crippen LogP contribution in [0.5, 0.6) is 0 Å². The molecule has 3 unspecified atom stereocenters. The summed E-state index contributed by atoms with van der Waals surface area (Å²) in [6.45, 7) is 10.9. The number of fused-ring (bicyclic) bond motifs is 5. The second-order valence-electron chi connectivity index (χ2n) is 5.98. The summed E-state index contributed by atoms with van der Waals surface area (Å²) in [5, 5.41) is 0. The third-order valence-corrected chi connectivity index (χ3v) is 5.42. The normalized spacial score (nSPS) is 49.8. The van der Waals surface area contributed by atoms with Crippen molar-refractivity contribution in [2.75, 3.05) is 0 Å². The van der Waals surface area contributed by atoms with Gasteiger partial charge in [0.1, 0.15) is 6.10 Å². The van der Waals surface area contributed by atoms with Crippen molar-refractivity contribution in [3.05, 3.63) is 12.7 Å². The summed E-state index contributed by atoms with van der Waals surface area (Å²) < 4.78 is 5.94. The molecule has 3 aliphatic rings. The topological polar surface area (TPSA) is 21.6 Å². The molecule has 0 radical (unpaired) electrons. The summed E-state index contributed by atoms with van der Waals surface area (Å²) >= 11 is 0. The molecule has 15 heavy (non-hydrogen) atoms. The third-order valence-electron chi connectivity index (χ3n) is 5.42. The van der Waals surface area contributed by atoms with Gasteiger partial charge >= 0.3 is 0 Å². The Morgan fingerprint density at radius 1 is 1.47 bits per heavy atom. The van der Waals surface area contributed by atoms with Crippen LogP contribution in [0.3, 0.4) is 0 Å². The second-order valence-corrected chi connectivity index (χ2v) is 5.98. The lowest BCUT2D eigenvalue weighted by molar-refractivity contribution is 0.0288. The number of hydrogen-bond donors (Lipinski definition) is 0. The SMILES string of the molecule is C=CC1=NC2C3CCC(C)([C@@H]2O1)C3(C)C. The van der Waals surface area contributed by atoms with Gasteiger partial charge in [-0.15, -0.1) is 0 Å². The van der Waals surface area contributed by atoms with Gasteiger partial charge in [0.25, 0.3) is 0 Å². The molecule has 2 bridgehead atoms. The minimum atomic E-state index is 0.302. The van der Waals surface area contributed by atoms with Crippen LogP contribution < -0.4 is 0 Å². The van der Waals surface area contributed by atoms with Gasteiger partial charge in [0.15, 0.2) is 0 Å². The van der Waals surface area contributed by atoms with E-state index in [1.807, 2.05) is 0 Å². The van der Waals surface area contributed by atoms with Crippen molar-refractivity contribution in [2.24, 2.45) is 21.7 Å². The zero-order valence-corrected chi connectivity index (χ0v) is 9.79. The highest BCUT2D eigenvalue weighted by Crippen LogP contribution is 2.67. The molecule has 0 aromatic heterocycles. The Balaban J connectivity index is 2.04. The van der Waals surface area contributed by atoms with E-state index in [0.717, 1.165) is 5.90 Å². The van der Waals surface area contributed by atoms with Crippen LogP contribution in [0.2, 0.25) is 0 Å². The fourth-order valence-corrected chi connectivity index (χ4v) is 4.02. The molecule has 2 heteroatoms. The predicted molar refractivity (Wildman–Crippen MR) is 60.9 cm³/mol. The van der Waals surface area contributed by atoms with Crippen LogP contribution in [0.1, 0.15) is 33.6 Å². The Hall–Kier alpha value is -0.790. The van der Waals surface area contributed by atoms with E-state index in [-0.39, 0.29) is 0 Å². The maximum absolute atomic E-state index is 5.94. The fourth-order valence-electron chi connectivity index (χ4n) is 4.02. The molecule has 1 aliphatic heterocycles. The van der Waals surface area contributed by atoms with Crippen molar-refractivity contribution in [1.82, 2.24) is 0 Å². The van der Waals surface area contributed by atoms with E-state index in [4.69, 9.17) is 4.74 Å². The van der Waals surface area contributed by atoms with E-state index in [0.29, 0.717) is 28.9 Å². The fraction of sp³-hybridized carbons (Fsp3) is 0.769. The Kier molecular flexibility index (Phi) is 1.56. The maximum atomic E-state index is 5.94. The lowest BCUT2D eigenvalue weighted by Gasteiger charge is -2.37. The molecule has 3 rings (SSSR count). The standard InChI is InChI=1S/C13H19NO/c1-5-9-14-10-8-6-7-13(4,11(10)15-9)12(8,2)3/h5,8,10-11H,1,6-7H2,2-4H3/t8?,10?,11-,13?/m1/s1. The first-order valence-corrected chi connectivity index (χ1v) is 5.87. The van der Waals surface area contributed by atoms with Crippen LogP contribution in [-0.2, 0) is 4.74 Å². The zero-order valence-electron chi connectivity index (χ0n) is 9.79.